The van der Waals surface area contributed by atoms with E-state index in [0.29, 0.717) is 46.3 Å². The first-order chi connectivity index (χ1) is 34.6. The van der Waals surface area contributed by atoms with Crippen molar-refractivity contribution in [3.8, 4) is 11.4 Å². The van der Waals surface area contributed by atoms with Gasteiger partial charge in [-0.05, 0) is 54.5 Å². The quantitative estimate of drug-likeness (QED) is 0.0388. The summed E-state index contributed by atoms with van der Waals surface area (Å²) >= 11 is 0. The topological polar surface area (TPSA) is 314 Å². The van der Waals surface area contributed by atoms with Gasteiger partial charge in [-0.2, -0.15) is 13.2 Å². The summed E-state index contributed by atoms with van der Waals surface area (Å²) in [6.45, 7) is 2.62. The Hall–Kier alpha value is -7.35. The van der Waals surface area contributed by atoms with Gasteiger partial charge in [0.15, 0.2) is 5.60 Å². The zero-order valence-corrected chi connectivity index (χ0v) is 39.7. The molecule has 3 atom stereocenters. The standard InChI is InChI=1S/C46H54FN9O10.C2HF3O2/c1-3-46(65)30-18-35-42-28(23-56(35)44(63)29(30)24-66-45(46)64)41-32(10-9-27-25(2)31(47)19-33(54-42)40(27)41)52-36(58)11-13-55(15-16-57)14-12-49-38(60)21-51-43(62)34(17-26-7-5-4-6-8-26)53-39(61)22-50-37(59)20-48;3-2(4,5)1(6)7/h4-8,18-19,32,34,57,65H,3,9-17,20-24,48H2,1-2H3,(H,49,60)(H,50,59)(H,51,62)(H,52,58)(H,53,61);(H,6,7)/t32-,34-,46-;/m0./s1. The molecule has 25 heteroatoms. The van der Waals surface area contributed by atoms with Crippen LogP contribution in [0.1, 0.15) is 71.2 Å². The van der Waals surface area contributed by atoms with Crippen molar-refractivity contribution in [1.29, 1.82) is 0 Å². The van der Waals surface area contributed by atoms with E-state index >= 15 is 4.39 Å². The molecule has 10 N–H and O–H groups in total. The van der Waals surface area contributed by atoms with Crippen LogP contribution in [-0.2, 0) is 69.9 Å². The van der Waals surface area contributed by atoms with Crippen molar-refractivity contribution in [1.82, 2.24) is 41.0 Å². The van der Waals surface area contributed by atoms with E-state index in [2.05, 4.69) is 26.6 Å². The molecule has 0 saturated heterocycles. The molecular formula is C48H55F4N9O12. The number of alkyl halides is 3. The van der Waals surface area contributed by atoms with Crippen molar-refractivity contribution in [2.24, 2.45) is 5.73 Å². The fourth-order valence-electron chi connectivity index (χ4n) is 8.96. The molecule has 5 amide bonds. The van der Waals surface area contributed by atoms with Gasteiger partial charge >= 0.3 is 18.1 Å². The van der Waals surface area contributed by atoms with Gasteiger partial charge in [0, 0.05) is 61.6 Å². The number of aliphatic carboxylic acids is 1. The number of pyridine rings is 2. The Morgan fingerprint density at radius 2 is 1.66 bits per heavy atom. The number of fused-ring (bicyclic) bond motifs is 5. The number of aliphatic hydroxyl groups is 2. The minimum absolute atomic E-state index is 0.0205. The second-order valence-electron chi connectivity index (χ2n) is 17.4. The van der Waals surface area contributed by atoms with E-state index in [1.54, 1.807) is 55.1 Å². The molecule has 2 aromatic heterocycles. The monoisotopic (exact) mass is 1030 g/mol. The number of carbonyl (C=O) groups is 7. The number of carboxylic acid groups (broad SMARTS) is 1. The number of carboxylic acids is 1. The Bertz CT molecular complexity index is 2860. The maximum absolute atomic E-state index is 15.4. The van der Waals surface area contributed by atoms with E-state index in [-0.39, 0.29) is 95.3 Å². The number of hydrogen-bond donors (Lipinski definition) is 9. The molecule has 2 aromatic carbocycles. The van der Waals surface area contributed by atoms with Crippen molar-refractivity contribution in [2.45, 2.75) is 83.0 Å². The number of aryl methyl sites for hydroxylation is 1. The van der Waals surface area contributed by atoms with Crippen LogP contribution in [0.5, 0.6) is 0 Å². The third kappa shape index (κ3) is 12.6. The van der Waals surface area contributed by atoms with Gasteiger partial charge in [-0.25, -0.2) is 19.0 Å². The first-order valence-corrected chi connectivity index (χ1v) is 23.2. The van der Waals surface area contributed by atoms with Gasteiger partial charge in [-0.15, -0.1) is 0 Å². The van der Waals surface area contributed by atoms with Crippen LogP contribution in [0.3, 0.4) is 0 Å². The molecule has 2 aliphatic heterocycles. The van der Waals surface area contributed by atoms with Crippen LogP contribution in [0, 0.1) is 12.7 Å². The molecule has 4 heterocycles. The minimum atomic E-state index is -5.08. The lowest BCUT2D eigenvalue weighted by molar-refractivity contribution is -0.192. The molecule has 0 spiro atoms. The summed E-state index contributed by atoms with van der Waals surface area (Å²) in [5.41, 5.74) is 7.62. The van der Waals surface area contributed by atoms with E-state index in [1.165, 1.54) is 10.6 Å². The Kier molecular flexibility index (Phi) is 17.7. The molecule has 1 aliphatic carbocycles. The van der Waals surface area contributed by atoms with Crippen LogP contribution in [0.4, 0.5) is 17.6 Å². The van der Waals surface area contributed by atoms with Gasteiger partial charge in [-0.1, -0.05) is 37.3 Å². The second kappa shape index (κ2) is 23.5. The number of rotatable bonds is 19. The Morgan fingerprint density at radius 1 is 0.959 bits per heavy atom. The van der Waals surface area contributed by atoms with Crippen LogP contribution < -0.4 is 37.9 Å². The van der Waals surface area contributed by atoms with E-state index in [4.69, 9.17) is 25.4 Å². The molecule has 7 rings (SSSR count). The highest BCUT2D eigenvalue weighted by atomic mass is 19.4. The molecule has 73 heavy (non-hydrogen) atoms. The van der Waals surface area contributed by atoms with Gasteiger partial charge in [0.25, 0.3) is 5.56 Å². The van der Waals surface area contributed by atoms with Gasteiger partial charge in [0.1, 0.15) is 18.5 Å². The fraction of sp³-hybridized carbons (Fsp3) is 0.438. The molecule has 4 aromatic rings. The number of halogens is 4. The number of nitrogens with two attached hydrogens (primary N) is 1. The number of aromatic nitrogens is 2. The van der Waals surface area contributed by atoms with Crippen LogP contribution >= 0.6 is 0 Å². The molecular weight excluding hydrogens is 971 g/mol. The maximum Gasteiger partial charge on any atom is 0.490 e. The predicted octanol–water partition coefficient (Wildman–Crippen LogP) is -0.0169. The smallest absolute Gasteiger partial charge is 0.475 e. The third-order valence-corrected chi connectivity index (χ3v) is 12.8. The lowest BCUT2D eigenvalue weighted by Gasteiger charge is -2.31. The lowest BCUT2D eigenvalue weighted by Crippen LogP contribution is -2.52. The number of cyclic esters (lactones) is 1. The highest BCUT2D eigenvalue weighted by molar-refractivity contribution is 5.95. The summed E-state index contributed by atoms with van der Waals surface area (Å²) in [7, 11) is 0. The van der Waals surface area contributed by atoms with Gasteiger partial charge in [-0.3, -0.25) is 33.7 Å². The SMILES string of the molecule is CC[C@@]1(O)C(=O)OCc2c1cc1n(c2=O)Cc2c-1nc1cc(F)c(C)c3c1c2[C@@H](NC(=O)CCN(CCO)CCNC(=O)CNC(=O)[C@H](Cc1ccccc1)NC(=O)CNC(=O)CN)CC3.O=C(O)C(F)(F)F. The molecule has 0 unspecified atom stereocenters. The minimum Gasteiger partial charge on any atom is -0.475 e. The largest absolute Gasteiger partial charge is 0.490 e. The van der Waals surface area contributed by atoms with Crippen molar-refractivity contribution >= 4 is 52.4 Å². The van der Waals surface area contributed by atoms with Crippen molar-refractivity contribution < 1.29 is 71.2 Å². The van der Waals surface area contributed by atoms with Crippen molar-refractivity contribution in [3.05, 3.63) is 97.6 Å². The average molecular weight is 1030 g/mol. The van der Waals surface area contributed by atoms with Gasteiger partial charge in [0.05, 0.1) is 61.3 Å². The lowest BCUT2D eigenvalue weighted by atomic mass is 9.81. The summed E-state index contributed by atoms with van der Waals surface area (Å²) in [6.07, 6.45) is -4.08. The predicted molar refractivity (Wildman–Crippen MR) is 250 cm³/mol. The summed E-state index contributed by atoms with van der Waals surface area (Å²) in [6, 6.07) is 10.3. The summed E-state index contributed by atoms with van der Waals surface area (Å²) < 4.78 is 53.8. The molecule has 3 aliphatic rings. The Morgan fingerprint density at radius 3 is 2.32 bits per heavy atom. The normalized spacial score (nSPS) is 16.7. The first kappa shape index (κ1) is 55.0. The number of amides is 5. The molecule has 21 nitrogen and oxygen atoms in total. The Labute approximate surface area is 413 Å². The van der Waals surface area contributed by atoms with E-state index in [9.17, 15) is 56.9 Å². The number of hydrogen-bond acceptors (Lipinski definition) is 14. The van der Waals surface area contributed by atoms with Crippen molar-refractivity contribution in [3.63, 3.8) is 0 Å². The number of aliphatic hydroxyl groups excluding tert-OH is 1. The highest BCUT2D eigenvalue weighted by Crippen LogP contribution is 2.46. The molecule has 0 saturated carbocycles. The molecule has 0 bridgehead atoms. The van der Waals surface area contributed by atoms with Crippen LogP contribution in [0.2, 0.25) is 0 Å². The summed E-state index contributed by atoms with van der Waals surface area (Å²) in [5.74, 6) is -6.63. The van der Waals surface area contributed by atoms with E-state index in [0.717, 1.165) is 16.7 Å². The fourth-order valence-corrected chi connectivity index (χ4v) is 8.96. The Balaban J connectivity index is 0.00000116. The number of nitrogens with zero attached hydrogens (tertiary/aromatic N) is 3. The second-order valence-corrected chi connectivity index (χ2v) is 17.4. The molecule has 392 valence electrons. The van der Waals surface area contributed by atoms with Crippen LogP contribution in [0.15, 0.2) is 47.3 Å². The van der Waals surface area contributed by atoms with E-state index in [1.807, 2.05) is 0 Å². The zero-order valence-electron chi connectivity index (χ0n) is 39.7. The van der Waals surface area contributed by atoms with Gasteiger partial charge < -0.3 is 56.9 Å². The third-order valence-electron chi connectivity index (χ3n) is 12.8. The number of benzene rings is 2. The van der Waals surface area contributed by atoms with Crippen LogP contribution in [-0.4, -0.2) is 136 Å². The molecule has 0 radical (unpaired) electrons. The number of carbonyl (C=O) groups excluding carboxylic acids is 6. The number of esters is 1. The van der Waals surface area contributed by atoms with E-state index < -0.39 is 77.3 Å². The number of ether oxygens (including phenoxy) is 1. The maximum atomic E-state index is 15.4. The summed E-state index contributed by atoms with van der Waals surface area (Å²) in [4.78, 5) is 106. The highest BCUT2D eigenvalue weighted by Gasteiger charge is 2.46. The number of nitrogens with one attached hydrogen (secondary N) is 5. The molecule has 0 fully saturated rings. The average Bonchev–Trinajstić information content (AvgIpc) is 3.73. The zero-order chi connectivity index (χ0) is 53.4. The summed E-state index contributed by atoms with van der Waals surface area (Å²) in [5, 5.41) is 42.4. The van der Waals surface area contributed by atoms with Crippen molar-refractivity contribution in [2.75, 3.05) is 52.4 Å². The van der Waals surface area contributed by atoms with Crippen LogP contribution in [0.25, 0.3) is 22.3 Å². The first-order valence-electron chi connectivity index (χ1n) is 23.2. The van der Waals surface area contributed by atoms with Gasteiger partial charge in [0.2, 0.25) is 29.5 Å².